The highest BCUT2D eigenvalue weighted by Gasteiger charge is 2.23. The molecule has 0 aliphatic heterocycles. The zero-order chi connectivity index (χ0) is 22.5. The lowest BCUT2D eigenvalue weighted by atomic mass is 10.2. The summed E-state index contributed by atoms with van der Waals surface area (Å²) in [6, 6.07) is 19.5. The quantitative estimate of drug-likeness (QED) is 0.434. The Hall–Kier alpha value is -4.33. The number of methoxy groups -OCH3 is 1. The van der Waals surface area contributed by atoms with Crippen molar-refractivity contribution in [3.8, 4) is 11.5 Å². The third kappa shape index (κ3) is 4.39. The van der Waals surface area contributed by atoms with Crippen molar-refractivity contribution in [1.82, 2.24) is 0 Å². The van der Waals surface area contributed by atoms with E-state index in [1.807, 2.05) is 0 Å². The molecule has 0 unspecified atom stereocenters. The molecule has 0 saturated heterocycles. The van der Waals surface area contributed by atoms with Crippen LogP contribution in [0.15, 0.2) is 77.2 Å². The Bertz CT molecular complexity index is 1280. The summed E-state index contributed by atoms with van der Waals surface area (Å²) in [5.41, 5.74) is 0.560. The van der Waals surface area contributed by atoms with Gasteiger partial charge >= 0.3 is 0 Å². The standard InChI is InChI=1S/C24H19FN2O5/c1-30-19-12-6-7-13-20(19)31-14-21(28)27-22-15-8-2-5-11-18(15)32-23(22)24(29)26-17-10-4-3-9-16(17)25/h2-13H,14H2,1H3,(H,26,29)(H,27,28). The first-order valence-electron chi connectivity index (χ1n) is 9.70. The number of hydrogen-bond donors (Lipinski definition) is 2. The average molecular weight is 434 g/mol. The number of rotatable bonds is 7. The molecule has 4 aromatic rings. The summed E-state index contributed by atoms with van der Waals surface area (Å²) in [4.78, 5) is 25.4. The number of ether oxygens (including phenoxy) is 2. The molecule has 2 N–H and O–H groups in total. The van der Waals surface area contributed by atoms with Crippen molar-refractivity contribution in [2.45, 2.75) is 0 Å². The summed E-state index contributed by atoms with van der Waals surface area (Å²) in [6.07, 6.45) is 0. The van der Waals surface area contributed by atoms with Gasteiger partial charge < -0.3 is 24.5 Å². The molecule has 0 fully saturated rings. The molecule has 3 aromatic carbocycles. The maximum absolute atomic E-state index is 14.0. The van der Waals surface area contributed by atoms with Gasteiger partial charge in [0.25, 0.3) is 11.8 Å². The molecule has 4 rings (SSSR count). The summed E-state index contributed by atoms with van der Waals surface area (Å²) in [5, 5.41) is 5.66. The molecule has 32 heavy (non-hydrogen) atoms. The number of anilines is 2. The molecule has 7 nitrogen and oxygen atoms in total. The van der Waals surface area contributed by atoms with E-state index < -0.39 is 17.6 Å². The minimum Gasteiger partial charge on any atom is -0.493 e. The molecule has 1 aromatic heterocycles. The lowest BCUT2D eigenvalue weighted by Crippen LogP contribution is -2.22. The number of furan rings is 1. The fourth-order valence-electron chi connectivity index (χ4n) is 3.13. The average Bonchev–Trinajstić information content (AvgIpc) is 3.18. The Morgan fingerprint density at radius 3 is 2.38 bits per heavy atom. The number of fused-ring (bicyclic) bond motifs is 1. The van der Waals surface area contributed by atoms with Crippen LogP contribution in [-0.2, 0) is 4.79 Å². The van der Waals surface area contributed by atoms with Crippen molar-refractivity contribution in [1.29, 1.82) is 0 Å². The van der Waals surface area contributed by atoms with E-state index >= 15 is 0 Å². The molecule has 0 aliphatic carbocycles. The van der Waals surface area contributed by atoms with E-state index in [0.29, 0.717) is 22.5 Å². The normalized spacial score (nSPS) is 10.6. The monoisotopic (exact) mass is 434 g/mol. The molecule has 0 spiro atoms. The molecule has 162 valence electrons. The van der Waals surface area contributed by atoms with E-state index in [1.165, 1.54) is 25.3 Å². The number of carbonyl (C=O) groups excluding carboxylic acids is 2. The summed E-state index contributed by atoms with van der Waals surface area (Å²) < 4.78 is 30.4. The van der Waals surface area contributed by atoms with Crippen molar-refractivity contribution < 1.29 is 27.9 Å². The van der Waals surface area contributed by atoms with Gasteiger partial charge in [-0.1, -0.05) is 36.4 Å². The number of halogens is 1. The van der Waals surface area contributed by atoms with Gasteiger partial charge in [-0.15, -0.1) is 0 Å². The summed E-state index contributed by atoms with van der Waals surface area (Å²) in [7, 11) is 1.50. The highest BCUT2D eigenvalue weighted by atomic mass is 19.1. The van der Waals surface area contributed by atoms with E-state index in [0.717, 1.165) is 0 Å². The molecule has 1 heterocycles. The molecule has 0 aliphatic rings. The lowest BCUT2D eigenvalue weighted by molar-refractivity contribution is -0.118. The van der Waals surface area contributed by atoms with Crippen LogP contribution in [-0.4, -0.2) is 25.5 Å². The topological polar surface area (TPSA) is 89.8 Å². The van der Waals surface area contributed by atoms with E-state index in [4.69, 9.17) is 13.9 Å². The van der Waals surface area contributed by atoms with Crippen molar-refractivity contribution in [3.05, 3.63) is 84.4 Å². The zero-order valence-electron chi connectivity index (χ0n) is 17.1. The Morgan fingerprint density at radius 1 is 0.906 bits per heavy atom. The van der Waals surface area contributed by atoms with Gasteiger partial charge in [0.1, 0.15) is 17.1 Å². The molecule has 8 heteroatoms. The SMILES string of the molecule is COc1ccccc1OCC(=O)Nc1c(C(=O)Nc2ccccc2F)oc2ccccc12. The third-order valence-corrected chi connectivity index (χ3v) is 4.62. The first-order valence-corrected chi connectivity index (χ1v) is 9.70. The second-order valence-corrected chi connectivity index (χ2v) is 6.72. The molecular weight excluding hydrogens is 415 g/mol. The van der Waals surface area contributed by atoms with Gasteiger partial charge in [-0.05, 0) is 36.4 Å². The lowest BCUT2D eigenvalue weighted by Gasteiger charge is -2.11. The Morgan fingerprint density at radius 2 is 1.59 bits per heavy atom. The zero-order valence-corrected chi connectivity index (χ0v) is 17.1. The Labute approximate surface area is 182 Å². The number of para-hydroxylation sites is 4. The number of carbonyl (C=O) groups is 2. The first kappa shape index (κ1) is 20.9. The van der Waals surface area contributed by atoms with Crippen LogP contribution in [0.4, 0.5) is 15.8 Å². The second-order valence-electron chi connectivity index (χ2n) is 6.72. The summed E-state index contributed by atoms with van der Waals surface area (Å²) in [6.45, 7) is -0.325. The van der Waals surface area contributed by atoms with E-state index in [9.17, 15) is 14.0 Å². The number of hydrogen-bond acceptors (Lipinski definition) is 5. The first-order chi connectivity index (χ1) is 15.6. The highest BCUT2D eigenvalue weighted by Crippen LogP contribution is 2.32. The maximum atomic E-state index is 14.0. The van der Waals surface area contributed by atoms with E-state index in [1.54, 1.807) is 54.6 Å². The van der Waals surface area contributed by atoms with Gasteiger partial charge in [0, 0.05) is 5.39 Å². The van der Waals surface area contributed by atoms with Crippen molar-refractivity contribution in [2.24, 2.45) is 0 Å². The smallest absolute Gasteiger partial charge is 0.293 e. The van der Waals surface area contributed by atoms with E-state index in [2.05, 4.69) is 10.6 Å². The predicted octanol–water partition coefficient (Wildman–Crippen LogP) is 4.85. The Balaban J connectivity index is 1.57. The van der Waals surface area contributed by atoms with Gasteiger partial charge in [-0.25, -0.2) is 4.39 Å². The molecule has 0 bridgehead atoms. The Kier molecular flexibility index (Phi) is 6.03. The molecule has 0 atom stereocenters. The van der Waals surface area contributed by atoms with Gasteiger partial charge in [0.2, 0.25) is 5.76 Å². The van der Waals surface area contributed by atoms with Crippen molar-refractivity contribution in [2.75, 3.05) is 24.4 Å². The third-order valence-electron chi connectivity index (χ3n) is 4.62. The largest absolute Gasteiger partial charge is 0.493 e. The minimum atomic E-state index is -0.702. The second kappa shape index (κ2) is 9.22. The van der Waals surface area contributed by atoms with Crippen LogP contribution in [0.25, 0.3) is 11.0 Å². The van der Waals surface area contributed by atoms with Gasteiger partial charge in [0.05, 0.1) is 12.8 Å². The van der Waals surface area contributed by atoms with Crippen molar-refractivity contribution >= 4 is 34.2 Å². The van der Waals surface area contributed by atoms with Crippen LogP contribution in [0.2, 0.25) is 0 Å². The van der Waals surface area contributed by atoms with Crippen LogP contribution in [0.5, 0.6) is 11.5 Å². The van der Waals surface area contributed by atoms with Gasteiger partial charge in [0.15, 0.2) is 18.1 Å². The molecular formula is C24H19FN2O5. The fraction of sp³-hybridized carbons (Fsp3) is 0.0833. The van der Waals surface area contributed by atoms with Gasteiger partial charge in [-0.3, -0.25) is 9.59 Å². The van der Waals surface area contributed by atoms with E-state index in [-0.39, 0.29) is 23.7 Å². The van der Waals surface area contributed by atoms with Crippen LogP contribution < -0.4 is 20.1 Å². The molecule has 0 saturated carbocycles. The van der Waals surface area contributed by atoms with Gasteiger partial charge in [-0.2, -0.15) is 0 Å². The van der Waals surface area contributed by atoms with Crippen molar-refractivity contribution in [3.63, 3.8) is 0 Å². The number of benzene rings is 3. The van der Waals surface area contributed by atoms with Crippen LogP contribution in [0, 0.1) is 5.82 Å². The maximum Gasteiger partial charge on any atom is 0.293 e. The minimum absolute atomic E-state index is 0.00487. The van der Waals surface area contributed by atoms with Crippen LogP contribution in [0.1, 0.15) is 10.6 Å². The molecule has 0 radical (unpaired) electrons. The summed E-state index contributed by atoms with van der Waals surface area (Å²) >= 11 is 0. The van der Waals surface area contributed by atoms with Crippen LogP contribution >= 0.6 is 0 Å². The highest BCUT2D eigenvalue weighted by molar-refractivity contribution is 6.14. The number of nitrogens with one attached hydrogen (secondary N) is 2. The fourth-order valence-corrected chi connectivity index (χ4v) is 3.13. The summed E-state index contributed by atoms with van der Waals surface area (Å²) in [5.74, 6) is -1.07. The molecule has 2 amide bonds. The number of amides is 2. The predicted molar refractivity (Wildman–Crippen MR) is 118 cm³/mol. The van der Waals surface area contributed by atoms with Crippen LogP contribution in [0.3, 0.4) is 0 Å².